The molecule has 2 aliphatic heterocycles. The molecule has 2 aromatic heterocycles. The number of benzene rings is 1. The number of anilines is 2. The predicted molar refractivity (Wildman–Crippen MR) is 127 cm³/mol. The molecule has 1 aromatic carbocycles. The van der Waals surface area contributed by atoms with E-state index in [1.165, 1.54) is 5.69 Å². The number of nitrogens with zero attached hydrogens (tertiary/aromatic N) is 4. The van der Waals surface area contributed by atoms with E-state index in [1.54, 1.807) is 7.11 Å². The van der Waals surface area contributed by atoms with Crippen LogP contribution in [0.25, 0.3) is 22.3 Å². The number of morpholine rings is 2. The quantitative estimate of drug-likeness (QED) is 0.620. The van der Waals surface area contributed by atoms with Crippen LogP contribution < -0.4 is 14.5 Å². The zero-order valence-electron chi connectivity index (χ0n) is 19.0. The number of hydrogen-bond donors (Lipinski definition) is 0. The molecule has 0 radical (unpaired) electrons. The van der Waals surface area contributed by atoms with Gasteiger partial charge in [0.2, 0.25) is 0 Å². The van der Waals surface area contributed by atoms with E-state index in [0.29, 0.717) is 19.3 Å². The molecule has 0 aliphatic carbocycles. The van der Waals surface area contributed by atoms with Crippen LogP contribution >= 0.6 is 0 Å². The van der Waals surface area contributed by atoms with Crippen molar-refractivity contribution < 1.29 is 14.2 Å². The zero-order chi connectivity index (χ0) is 22.1. The Hall–Kier alpha value is -2.90. The fourth-order valence-electron chi connectivity index (χ4n) is 4.53. The summed E-state index contributed by atoms with van der Waals surface area (Å²) in [6, 6.07) is 15.0. The Labute approximate surface area is 188 Å². The van der Waals surface area contributed by atoms with Crippen molar-refractivity contribution in [1.82, 2.24) is 9.97 Å². The summed E-state index contributed by atoms with van der Waals surface area (Å²) in [5, 5.41) is 1.07. The Morgan fingerprint density at radius 1 is 0.875 bits per heavy atom. The van der Waals surface area contributed by atoms with Gasteiger partial charge in [0.15, 0.2) is 5.65 Å². The minimum Gasteiger partial charge on any atom is -0.497 e. The molecule has 0 saturated carbocycles. The second-order valence-electron chi connectivity index (χ2n) is 8.53. The Bertz CT molecular complexity index is 1090. The first-order chi connectivity index (χ1) is 15.6. The fourth-order valence-corrected chi connectivity index (χ4v) is 4.53. The molecule has 0 unspecified atom stereocenters. The van der Waals surface area contributed by atoms with Gasteiger partial charge in [-0.3, -0.25) is 0 Å². The Morgan fingerprint density at radius 3 is 2.22 bits per heavy atom. The van der Waals surface area contributed by atoms with E-state index in [0.717, 1.165) is 60.2 Å². The lowest BCUT2D eigenvalue weighted by atomic mass is 10.1. The van der Waals surface area contributed by atoms with Gasteiger partial charge < -0.3 is 24.0 Å². The lowest BCUT2D eigenvalue weighted by Gasteiger charge is -2.38. The van der Waals surface area contributed by atoms with Crippen molar-refractivity contribution in [2.45, 2.75) is 25.9 Å². The van der Waals surface area contributed by atoms with Gasteiger partial charge in [-0.1, -0.05) is 0 Å². The average Bonchev–Trinajstić information content (AvgIpc) is 2.84. The smallest absolute Gasteiger partial charge is 0.164 e. The molecular weight excluding hydrogens is 404 g/mol. The van der Waals surface area contributed by atoms with Gasteiger partial charge in [-0.25, -0.2) is 9.97 Å². The van der Waals surface area contributed by atoms with Crippen LogP contribution in [0.2, 0.25) is 0 Å². The molecule has 3 aromatic rings. The first-order valence-electron chi connectivity index (χ1n) is 11.3. The van der Waals surface area contributed by atoms with Crippen molar-refractivity contribution in [3.63, 3.8) is 0 Å². The summed E-state index contributed by atoms with van der Waals surface area (Å²) >= 11 is 0. The third-order valence-electron chi connectivity index (χ3n) is 6.36. The second-order valence-corrected chi connectivity index (χ2v) is 8.53. The van der Waals surface area contributed by atoms with Crippen molar-refractivity contribution in [3.8, 4) is 17.0 Å². The normalized spacial score (nSPS) is 21.7. The van der Waals surface area contributed by atoms with Crippen LogP contribution in [-0.4, -0.2) is 68.7 Å². The van der Waals surface area contributed by atoms with Crippen LogP contribution in [0.5, 0.6) is 5.75 Å². The molecule has 0 spiro atoms. The van der Waals surface area contributed by atoms with Crippen molar-refractivity contribution >= 4 is 22.5 Å². The average molecular weight is 435 g/mol. The summed E-state index contributed by atoms with van der Waals surface area (Å²) in [6.45, 7) is 8.97. The fraction of sp³-hybridized carbons (Fsp3) is 0.440. The van der Waals surface area contributed by atoms with E-state index in [4.69, 9.17) is 24.2 Å². The van der Waals surface area contributed by atoms with Crippen molar-refractivity contribution in [2.24, 2.45) is 0 Å². The molecule has 2 aliphatic rings. The molecule has 2 fully saturated rings. The molecule has 4 heterocycles. The number of hydrogen-bond acceptors (Lipinski definition) is 7. The number of rotatable bonds is 4. The summed E-state index contributed by atoms with van der Waals surface area (Å²) in [5.41, 5.74) is 3.89. The molecule has 168 valence electrons. The van der Waals surface area contributed by atoms with Crippen LogP contribution in [0.3, 0.4) is 0 Å². The summed E-state index contributed by atoms with van der Waals surface area (Å²) in [7, 11) is 1.68. The van der Waals surface area contributed by atoms with Gasteiger partial charge in [0.05, 0.1) is 51.0 Å². The molecule has 7 heteroatoms. The molecule has 5 rings (SSSR count). The molecular formula is C25H30N4O3. The topological polar surface area (TPSA) is 60.0 Å². The minimum absolute atomic E-state index is 0.272. The van der Waals surface area contributed by atoms with Gasteiger partial charge in [-0.15, -0.1) is 0 Å². The van der Waals surface area contributed by atoms with Gasteiger partial charge in [0.25, 0.3) is 0 Å². The molecule has 0 amide bonds. The van der Waals surface area contributed by atoms with Crippen molar-refractivity contribution in [3.05, 3.63) is 42.5 Å². The standard InChI is InChI=1S/C25H30N4O3/c1-17-15-31-12-10-28(17)23-14-24(29-11-13-32-16-18(29)2)27-25-21(23)8-9-22(26-25)19-4-6-20(30-3)7-5-19/h4-9,14,17-18H,10-13,15-16H2,1-3H3/t17-,18-/m0/s1. The maximum Gasteiger partial charge on any atom is 0.164 e. The molecule has 32 heavy (non-hydrogen) atoms. The summed E-state index contributed by atoms with van der Waals surface area (Å²) in [5.74, 6) is 1.79. The van der Waals surface area contributed by atoms with Gasteiger partial charge >= 0.3 is 0 Å². The highest BCUT2D eigenvalue weighted by molar-refractivity contribution is 5.93. The number of ether oxygens (including phenoxy) is 3. The summed E-state index contributed by atoms with van der Waals surface area (Å²) in [6.07, 6.45) is 0. The molecule has 0 N–H and O–H groups in total. The minimum atomic E-state index is 0.272. The molecule has 2 saturated heterocycles. The van der Waals surface area contributed by atoms with E-state index in [-0.39, 0.29) is 6.04 Å². The Kier molecular flexibility index (Phi) is 5.85. The van der Waals surface area contributed by atoms with Crippen LogP contribution in [0.1, 0.15) is 13.8 Å². The van der Waals surface area contributed by atoms with E-state index in [2.05, 4.69) is 41.8 Å². The Balaban J connectivity index is 1.63. The largest absolute Gasteiger partial charge is 0.497 e. The van der Waals surface area contributed by atoms with Crippen LogP contribution in [0.15, 0.2) is 42.5 Å². The number of pyridine rings is 2. The molecule has 7 nitrogen and oxygen atoms in total. The monoisotopic (exact) mass is 434 g/mol. The van der Waals surface area contributed by atoms with E-state index in [9.17, 15) is 0 Å². The van der Waals surface area contributed by atoms with Gasteiger partial charge in [-0.05, 0) is 50.2 Å². The lowest BCUT2D eigenvalue weighted by molar-refractivity contribution is 0.0981. The van der Waals surface area contributed by atoms with Crippen LogP contribution in [0.4, 0.5) is 11.5 Å². The molecule has 0 bridgehead atoms. The maximum absolute atomic E-state index is 5.69. The maximum atomic E-state index is 5.69. The zero-order valence-corrected chi connectivity index (χ0v) is 19.0. The van der Waals surface area contributed by atoms with E-state index >= 15 is 0 Å². The molecule has 2 atom stereocenters. The van der Waals surface area contributed by atoms with Crippen LogP contribution in [0, 0.1) is 0 Å². The number of fused-ring (bicyclic) bond motifs is 1. The van der Waals surface area contributed by atoms with E-state index in [1.807, 2.05) is 24.3 Å². The number of methoxy groups -OCH3 is 1. The van der Waals surface area contributed by atoms with E-state index < -0.39 is 0 Å². The third kappa shape index (κ3) is 3.98. The van der Waals surface area contributed by atoms with Gasteiger partial charge in [0.1, 0.15) is 11.6 Å². The lowest BCUT2D eigenvalue weighted by Crippen LogP contribution is -2.45. The summed E-state index contributed by atoms with van der Waals surface area (Å²) in [4.78, 5) is 14.8. The summed E-state index contributed by atoms with van der Waals surface area (Å²) < 4.78 is 16.6. The second kappa shape index (κ2) is 8.92. The highest BCUT2D eigenvalue weighted by Gasteiger charge is 2.26. The van der Waals surface area contributed by atoms with Gasteiger partial charge in [-0.2, -0.15) is 0 Å². The SMILES string of the molecule is COc1ccc(-c2ccc3c(N4CCOC[C@@H]4C)cc(N4CCOC[C@@H]4C)nc3n2)cc1. The Morgan fingerprint density at radius 2 is 1.56 bits per heavy atom. The highest BCUT2D eigenvalue weighted by atomic mass is 16.5. The predicted octanol–water partition coefficient (Wildman–Crippen LogP) is 3.76. The van der Waals surface area contributed by atoms with Gasteiger partial charge in [0, 0.05) is 36.1 Å². The highest BCUT2D eigenvalue weighted by Crippen LogP contribution is 2.34. The van der Waals surface area contributed by atoms with Crippen molar-refractivity contribution in [2.75, 3.05) is 56.4 Å². The van der Waals surface area contributed by atoms with Crippen molar-refractivity contribution in [1.29, 1.82) is 0 Å². The first-order valence-corrected chi connectivity index (χ1v) is 11.3. The number of aromatic nitrogens is 2. The third-order valence-corrected chi connectivity index (χ3v) is 6.36. The van der Waals surface area contributed by atoms with Crippen LogP contribution in [-0.2, 0) is 9.47 Å². The first kappa shape index (κ1) is 21.0.